The highest BCUT2D eigenvalue weighted by Gasteiger charge is 2.14. The van der Waals surface area contributed by atoms with Gasteiger partial charge >= 0.3 is 0 Å². The van der Waals surface area contributed by atoms with E-state index in [0.29, 0.717) is 22.1 Å². The molecule has 21 heavy (non-hydrogen) atoms. The van der Waals surface area contributed by atoms with E-state index in [1.54, 1.807) is 39.5 Å². The second-order valence-electron chi connectivity index (χ2n) is 4.10. The van der Waals surface area contributed by atoms with E-state index in [2.05, 4.69) is 0 Å². The number of hydrogen-bond acceptors (Lipinski definition) is 5. The van der Waals surface area contributed by atoms with Crippen LogP contribution in [0.4, 0.5) is 0 Å². The zero-order chi connectivity index (χ0) is 15.2. The predicted molar refractivity (Wildman–Crippen MR) is 83.8 cm³/mol. The van der Waals surface area contributed by atoms with Crippen LogP contribution in [0, 0.1) is 0 Å². The number of carbonyl (C=O) groups is 1. The molecule has 1 heterocycles. The van der Waals surface area contributed by atoms with Gasteiger partial charge in [0.05, 0.1) is 26.2 Å². The number of carbonyl (C=O) groups excluding carboxylic acids is 1. The minimum Gasteiger partial charge on any atom is -0.493 e. The van der Waals surface area contributed by atoms with Crippen LogP contribution in [0.25, 0.3) is 6.08 Å². The normalized spacial score (nSPS) is 10.6. The zero-order valence-corrected chi connectivity index (χ0v) is 12.9. The first-order chi connectivity index (χ1) is 10.2. The topological polar surface area (TPSA) is 44.8 Å². The molecule has 0 radical (unpaired) electrons. The molecule has 2 rings (SSSR count). The first kappa shape index (κ1) is 15.1. The molecule has 110 valence electrons. The standard InChI is InChI=1S/C16H16O4S/c1-18-13-9-7-11(15(19-2)16(13)20-3)6-8-12(17)14-5-4-10-21-14/h4-10H,1-3H3. The lowest BCUT2D eigenvalue weighted by molar-refractivity contribution is 0.105. The van der Waals surface area contributed by atoms with Gasteiger partial charge in [0.2, 0.25) is 5.75 Å². The summed E-state index contributed by atoms with van der Waals surface area (Å²) in [4.78, 5) is 12.7. The van der Waals surface area contributed by atoms with Gasteiger partial charge in [-0.3, -0.25) is 4.79 Å². The highest BCUT2D eigenvalue weighted by molar-refractivity contribution is 7.12. The molecule has 0 saturated heterocycles. The molecular formula is C16H16O4S. The van der Waals surface area contributed by atoms with E-state index in [4.69, 9.17) is 14.2 Å². The van der Waals surface area contributed by atoms with Gasteiger partial charge in [0.15, 0.2) is 17.3 Å². The molecule has 5 heteroatoms. The van der Waals surface area contributed by atoms with Gasteiger partial charge in [-0.2, -0.15) is 0 Å². The lowest BCUT2D eigenvalue weighted by atomic mass is 10.1. The number of allylic oxidation sites excluding steroid dienone is 1. The maximum atomic E-state index is 12.0. The average Bonchev–Trinajstić information content (AvgIpc) is 3.05. The van der Waals surface area contributed by atoms with Crippen LogP contribution in [0.3, 0.4) is 0 Å². The Labute approximate surface area is 127 Å². The molecule has 0 amide bonds. The maximum Gasteiger partial charge on any atom is 0.203 e. The van der Waals surface area contributed by atoms with Crippen molar-refractivity contribution in [1.82, 2.24) is 0 Å². The number of ketones is 1. The minimum atomic E-state index is -0.0400. The van der Waals surface area contributed by atoms with Gasteiger partial charge in [0, 0.05) is 5.56 Å². The Bertz CT molecular complexity index is 645. The molecule has 0 aliphatic carbocycles. The summed E-state index contributed by atoms with van der Waals surface area (Å²) in [6, 6.07) is 7.24. The van der Waals surface area contributed by atoms with Gasteiger partial charge < -0.3 is 14.2 Å². The van der Waals surface area contributed by atoms with E-state index in [1.807, 2.05) is 17.5 Å². The van der Waals surface area contributed by atoms with Crippen LogP contribution >= 0.6 is 11.3 Å². The lowest BCUT2D eigenvalue weighted by Crippen LogP contribution is -1.97. The monoisotopic (exact) mass is 304 g/mol. The third-order valence-corrected chi connectivity index (χ3v) is 3.80. The van der Waals surface area contributed by atoms with Crippen molar-refractivity contribution in [2.75, 3.05) is 21.3 Å². The van der Waals surface area contributed by atoms with Crippen molar-refractivity contribution in [2.45, 2.75) is 0 Å². The van der Waals surface area contributed by atoms with Crippen LogP contribution in [0.2, 0.25) is 0 Å². The van der Waals surface area contributed by atoms with Crippen molar-refractivity contribution in [1.29, 1.82) is 0 Å². The quantitative estimate of drug-likeness (QED) is 0.603. The van der Waals surface area contributed by atoms with Gasteiger partial charge in [-0.25, -0.2) is 0 Å². The fourth-order valence-electron chi connectivity index (χ4n) is 1.92. The Morgan fingerprint density at radius 1 is 1.05 bits per heavy atom. The Kier molecular flexibility index (Phi) is 5.00. The smallest absolute Gasteiger partial charge is 0.203 e. The number of ether oxygens (including phenoxy) is 3. The van der Waals surface area contributed by atoms with Crippen molar-refractivity contribution in [3.63, 3.8) is 0 Å². The van der Waals surface area contributed by atoms with Crippen LogP contribution in [0.15, 0.2) is 35.7 Å². The summed E-state index contributed by atoms with van der Waals surface area (Å²) in [7, 11) is 4.66. The average molecular weight is 304 g/mol. The molecule has 0 fully saturated rings. The highest BCUT2D eigenvalue weighted by atomic mass is 32.1. The van der Waals surface area contributed by atoms with Gasteiger partial charge in [-0.05, 0) is 35.7 Å². The fraction of sp³-hybridized carbons (Fsp3) is 0.188. The summed E-state index contributed by atoms with van der Waals surface area (Å²) in [6.45, 7) is 0. The van der Waals surface area contributed by atoms with E-state index in [-0.39, 0.29) is 5.78 Å². The van der Waals surface area contributed by atoms with E-state index in [1.165, 1.54) is 17.4 Å². The Morgan fingerprint density at radius 3 is 2.38 bits per heavy atom. The van der Waals surface area contributed by atoms with Crippen LogP contribution in [-0.4, -0.2) is 27.1 Å². The van der Waals surface area contributed by atoms with Crippen molar-refractivity contribution in [3.05, 3.63) is 46.2 Å². The number of methoxy groups -OCH3 is 3. The molecule has 0 aliphatic heterocycles. The second-order valence-corrected chi connectivity index (χ2v) is 5.05. The van der Waals surface area contributed by atoms with Gasteiger partial charge in [0.25, 0.3) is 0 Å². The molecular weight excluding hydrogens is 288 g/mol. The molecule has 4 nitrogen and oxygen atoms in total. The molecule has 0 N–H and O–H groups in total. The minimum absolute atomic E-state index is 0.0400. The first-order valence-electron chi connectivity index (χ1n) is 6.26. The second kappa shape index (κ2) is 6.95. The summed E-state index contributed by atoms with van der Waals surface area (Å²) in [5, 5.41) is 1.87. The van der Waals surface area contributed by atoms with Gasteiger partial charge in [-0.1, -0.05) is 6.07 Å². The third kappa shape index (κ3) is 3.25. The molecule has 1 aromatic carbocycles. The molecule has 0 saturated carbocycles. The van der Waals surface area contributed by atoms with Crippen molar-refractivity contribution in [2.24, 2.45) is 0 Å². The van der Waals surface area contributed by atoms with E-state index in [9.17, 15) is 4.79 Å². The van der Waals surface area contributed by atoms with Crippen LogP contribution in [0.1, 0.15) is 15.2 Å². The van der Waals surface area contributed by atoms with Crippen LogP contribution < -0.4 is 14.2 Å². The van der Waals surface area contributed by atoms with Gasteiger partial charge in [0.1, 0.15) is 0 Å². The molecule has 2 aromatic rings. The fourth-order valence-corrected chi connectivity index (χ4v) is 2.57. The zero-order valence-electron chi connectivity index (χ0n) is 12.1. The predicted octanol–water partition coefficient (Wildman–Crippen LogP) is 3.67. The molecule has 0 atom stereocenters. The first-order valence-corrected chi connectivity index (χ1v) is 7.14. The van der Waals surface area contributed by atoms with Crippen molar-refractivity contribution in [3.8, 4) is 17.2 Å². The number of benzene rings is 1. The van der Waals surface area contributed by atoms with E-state index in [0.717, 1.165) is 5.56 Å². The lowest BCUT2D eigenvalue weighted by Gasteiger charge is -2.13. The highest BCUT2D eigenvalue weighted by Crippen LogP contribution is 2.40. The summed E-state index contributed by atoms with van der Waals surface area (Å²) in [6.07, 6.45) is 3.23. The Morgan fingerprint density at radius 2 is 1.81 bits per heavy atom. The molecule has 0 bridgehead atoms. The maximum absolute atomic E-state index is 12.0. The van der Waals surface area contributed by atoms with E-state index < -0.39 is 0 Å². The van der Waals surface area contributed by atoms with Crippen molar-refractivity contribution >= 4 is 23.2 Å². The summed E-state index contributed by atoms with van der Waals surface area (Å²) in [5.74, 6) is 1.58. The Hall–Kier alpha value is -2.27. The Balaban J connectivity index is 2.34. The molecule has 0 spiro atoms. The molecule has 0 unspecified atom stereocenters. The van der Waals surface area contributed by atoms with Crippen LogP contribution in [0.5, 0.6) is 17.2 Å². The summed E-state index contributed by atoms with van der Waals surface area (Å²) in [5.41, 5.74) is 0.750. The SMILES string of the molecule is COc1ccc(C=CC(=O)c2cccs2)c(OC)c1OC. The number of rotatable bonds is 6. The number of hydrogen-bond donors (Lipinski definition) is 0. The number of thiophene rings is 1. The molecule has 1 aromatic heterocycles. The van der Waals surface area contributed by atoms with Gasteiger partial charge in [-0.15, -0.1) is 11.3 Å². The largest absolute Gasteiger partial charge is 0.493 e. The van der Waals surface area contributed by atoms with E-state index >= 15 is 0 Å². The molecule has 0 aliphatic rings. The third-order valence-electron chi connectivity index (χ3n) is 2.91. The van der Waals surface area contributed by atoms with Crippen LogP contribution in [-0.2, 0) is 0 Å². The summed E-state index contributed by atoms with van der Waals surface area (Å²) < 4.78 is 15.9. The van der Waals surface area contributed by atoms with Crippen molar-refractivity contribution < 1.29 is 19.0 Å². The summed E-state index contributed by atoms with van der Waals surface area (Å²) >= 11 is 1.41.